The number of carboxylic acid groups (broad SMARTS) is 1. The van der Waals surface area contributed by atoms with Crippen LogP contribution in [0.1, 0.15) is 19.0 Å². The van der Waals surface area contributed by atoms with Crippen LogP contribution in [0.5, 0.6) is 0 Å². The molecule has 15 heavy (non-hydrogen) atoms. The zero-order chi connectivity index (χ0) is 11.4. The molecule has 0 saturated heterocycles. The molecule has 1 N–H and O–H groups in total. The van der Waals surface area contributed by atoms with Gasteiger partial charge in [0.1, 0.15) is 11.4 Å². The Bertz CT molecular complexity index is 373. The van der Waals surface area contributed by atoms with Crippen molar-refractivity contribution in [1.82, 2.24) is 9.97 Å². The molecule has 6 heteroatoms. The van der Waals surface area contributed by atoms with Gasteiger partial charge in [0.25, 0.3) is 0 Å². The molecular formula is C9H11FN2O2S. The normalized spacial score (nSPS) is 12.5. The van der Waals surface area contributed by atoms with Gasteiger partial charge in [-0.15, -0.1) is 0 Å². The summed E-state index contributed by atoms with van der Waals surface area (Å²) >= 11 is 1.11. The first-order valence-electron chi connectivity index (χ1n) is 4.36. The molecule has 0 aliphatic heterocycles. The van der Waals surface area contributed by atoms with Crippen LogP contribution in [0, 0.1) is 12.7 Å². The van der Waals surface area contributed by atoms with E-state index < -0.39 is 11.8 Å². The van der Waals surface area contributed by atoms with Gasteiger partial charge in [0.05, 0.1) is 12.1 Å². The lowest BCUT2D eigenvalue weighted by Gasteiger charge is -2.08. The molecule has 0 aromatic carbocycles. The van der Waals surface area contributed by atoms with Crippen LogP contribution in [-0.2, 0) is 4.79 Å². The first kappa shape index (κ1) is 11.9. The van der Waals surface area contributed by atoms with Crippen LogP contribution in [0.15, 0.2) is 11.4 Å². The van der Waals surface area contributed by atoms with Gasteiger partial charge < -0.3 is 5.11 Å². The van der Waals surface area contributed by atoms with Crippen molar-refractivity contribution in [2.45, 2.75) is 30.5 Å². The monoisotopic (exact) mass is 230 g/mol. The minimum Gasteiger partial charge on any atom is -0.481 e. The largest absolute Gasteiger partial charge is 0.481 e. The summed E-state index contributed by atoms with van der Waals surface area (Å²) in [6.07, 6.45) is 1.25. The Morgan fingerprint density at radius 1 is 1.67 bits per heavy atom. The maximum Gasteiger partial charge on any atom is 0.304 e. The maximum atomic E-state index is 13.4. The SMILES string of the molecule is Cc1ncnc(SC(C)CC(=O)O)c1F. The number of carboxylic acids is 1. The molecule has 0 saturated carbocycles. The molecule has 0 amide bonds. The zero-order valence-electron chi connectivity index (χ0n) is 8.40. The van der Waals surface area contributed by atoms with Crippen molar-refractivity contribution in [3.63, 3.8) is 0 Å². The van der Waals surface area contributed by atoms with Crippen molar-refractivity contribution in [1.29, 1.82) is 0 Å². The molecule has 1 unspecified atom stereocenters. The summed E-state index contributed by atoms with van der Waals surface area (Å²) in [6, 6.07) is 0. The number of hydrogen-bond donors (Lipinski definition) is 1. The van der Waals surface area contributed by atoms with Crippen LogP contribution >= 0.6 is 11.8 Å². The number of aromatic nitrogens is 2. The van der Waals surface area contributed by atoms with E-state index in [0.29, 0.717) is 0 Å². The Morgan fingerprint density at radius 2 is 2.33 bits per heavy atom. The number of rotatable bonds is 4. The topological polar surface area (TPSA) is 63.1 Å². The molecule has 4 nitrogen and oxygen atoms in total. The Hall–Kier alpha value is -1.17. The third-order valence-electron chi connectivity index (χ3n) is 1.71. The Labute approximate surface area is 90.9 Å². The van der Waals surface area contributed by atoms with E-state index in [9.17, 15) is 9.18 Å². The number of halogens is 1. The molecule has 0 bridgehead atoms. The molecule has 0 aliphatic carbocycles. The lowest BCUT2D eigenvalue weighted by molar-refractivity contribution is -0.136. The van der Waals surface area contributed by atoms with E-state index in [1.807, 2.05) is 0 Å². The summed E-state index contributed by atoms with van der Waals surface area (Å²) in [4.78, 5) is 17.9. The highest BCUT2D eigenvalue weighted by molar-refractivity contribution is 7.99. The van der Waals surface area contributed by atoms with Crippen molar-refractivity contribution in [3.05, 3.63) is 17.8 Å². The number of aliphatic carboxylic acids is 1. The van der Waals surface area contributed by atoms with E-state index in [1.165, 1.54) is 6.33 Å². The van der Waals surface area contributed by atoms with E-state index >= 15 is 0 Å². The number of hydrogen-bond acceptors (Lipinski definition) is 4. The number of nitrogens with zero attached hydrogens (tertiary/aromatic N) is 2. The average molecular weight is 230 g/mol. The van der Waals surface area contributed by atoms with E-state index in [-0.39, 0.29) is 22.4 Å². The fourth-order valence-corrected chi connectivity index (χ4v) is 1.96. The van der Waals surface area contributed by atoms with Crippen LogP contribution in [0.2, 0.25) is 0 Å². The van der Waals surface area contributed by atoms with Gasteiger partial charge in [-0.1, -0.05) is 18.7 Å². The highest BCUT2D eigenvalue weighted by Crippen LogP contribution is 2.26. The average Bonchev–Trinajstić information content (AvgIpc) is 2.11. The maximum absolute atomic E-state index is 13.4. The van der Waals surface area contributed by atoms with Crippen LogP contribution in [0.3, 0.4) is 0 Å². The minimum atomic E-state index is -0.902. The Balaban J connectivity index is 2.72. The standard InChI is InChI=1S/C9H11FN2O2S/c1-5(3-7(13)14)15-9-8(10)6(2)11-4-12-9/h4-5H,3H2,1-2H3,(H,13,14). The molecular weight excluding hydrogens is 219 g/mol. The van der Waals surface area contributed by atoms with Crippen LogP contribution < -0.4 is 0 Å². The van der Waals surface area contributed by atoms with E-state index in [0.717, 1.165) is 11.8 Å². The van der Waals surface area contributed by atoms with E-state index in [2.05, 4.69) is 9.97 Å². The van der Waals surface area contributed by atoms with Crippen molar-refractivity contribution in [3.8, 4) is 0 Å². The minimum absolute atomic E-state index is 0.0207. The molecule has 1 rings (SSSR count). The molecule has 1 atom stereocenters. The highest BCUT2D eigenvalue weighted by Gasteiger charge is 2.14. The van der Waals surface area contributed by atoms with Crippen LogP contribution in [0.4, 0.5) is 4.39 Å². The predicted octanol–water partition coefficient (Wildman–Crippen LogP) is 1.88. The highest BCUT2D eigenvalue weighted by atomic mass is 32.2. The predicted molar refractivity (Wildman–Crippen MR) is 54.3 cm³/mol. The zero-order valence-corrected chi connectivity index (χ0v) is 9.21. The van der Waals surface area contributed by atoms with E-state index in [1.54, 1.807) is 13.8 Å². The summed E-state index contributed by atoms with van der Waals surface area (Å²) in [5, 5.41) is 8.53. The van der Waals surface area contributed by atoms with E-state index in [4.69, 9.17) is 5.11 Å². The van der Waals surface area contributed by atoms with Gasteiger partial charge >= 0.3 is 5.97 Å². The van der Waals surface area contributed by atoms with Gasteiger partial charge in [-0.25, -0.2) is 14.4 Å². The van der Waals surface area contributed by atoms with Crippen molar-refractivity contribution >= 4 is 17.7 Å². The summed E-state index contributed by atoms with van der Waals surface area (Å²) in [5.41, 5.74) is 0.273. The van der Waals surface area contributed by atoms with Gasteiger partial charge in [0.15, 0.2) is 5.82 Å². The first-order chi connectivity index (χ1) is 7.00. The third-order valence-corrected chi connectivity index (χ3v) is 2.78. The molecule has 0 radical (unpaired) electrons. The molecule has 1 aromatic rings. The molecule has 0 spiro atoms. The van der Waals surface area contributed by atoms with Gasteiger partial charge in [-0.2, -0.15) is 0 Å². The lowest BCUT2D eigenvalue weighted by atomic mass is 10.3. The van der Waals surface area contributed by atoms with Gasteiger partial charge in [-0.05, 0) is 6.92 Å². The van der Waals surface area contributed by atoms with Crippen LogP contribution in [0.25, 0.3) is 0 Å². The lowest BCUT2D eigenvalue weighted by Crippen LogP contribution is -2.07. The molecule has 0 fully saturated rings. The summed E-state index contributed by atoms with van der Waals surface area (Å²) in [7, 11) is 0. The molecule has 1 heterocycles. The third kappa shape index (κ3) is 3.47. The second kappa shape index (κ2) is 5.06. The fourth-order valence-electron chi connectivity index (χ4n) is 0.996. The Morgan fingerprint density at radius 3 is 2.93 bits per heavy atom. The molecule has 1 aromatic heterocycles. The molecule has 82 valence electrons. The quantitative estimate of drug-likeness (QED) is 0.632. The van der Waals surface area contributed by atoms with Gasteiger partial charge in [0.2, 0.25) is 0 Å². The van der Waals surface area contributed by atoms with Crippen LogP contribution in [-0.4, -0.2) is 26.3 Å². The smallest absolute Gasteiger partial charge is 0.304 e. The molecule has 0 aliphatic rings. The number of carbonyl (C=O) groups is 1. The summed E-state index contributed by atoms with van der Waals surface area (Å²) in [6.45, 7) is 3.26. The van der Waals surface area contributed by atoms with Crippen molar-refractivity contribution < 1.29 is 14.3 Å². The van der Waals surface area contributed by atoms with Gasteiger partial charge in [-0.3, -0.25) is 4.79 Å². The number of thioether (sulfide) groups is 1. The van der Waals surface area contributed by atoms with Gasteiger partial charge in [0, 0.05) is 5.25 Å². The first-order valence-corrected chi connectivity index (χ1v) is 5.24. The Kier molecular flexibility index (Phi) is 4.02. The summed E-state index contributed by atoms with van der Waals surface area (Å²) < 4.78 is 13.4. The fraction of sp³-hybridized carbons (Fsp3) is 0.444. The number of aryl methyl sites for hydroxylation is 1. The second-order valence-electron chi connectivity index (χ2n) is 3.10. The van der Waals surface area contributed by atoms with Crippen molar-refractivity contribution in [2.24, 2.45) is 0 Å². The second-order valence-corrected chi connectivity index (χ2v) is 4.53. The van der Waals surface area contributed by atoms with Crippen molar-refractivity contribution in [2.75, 3.05) is 0 Å². The summed E-state index contributed by atoms with van der Waals surface area (Å²) in [5.74, 6) is -1.37.